The summed E-state index contributed by atoms with van der Waals surface area (Å²) in [5, 5.41) is 13.1. The Kier molecular flexibility index (Phi) is 18.4. The van der Waals surface area contributed by atoms with Crippen LogP contribution in [0, 0.1) is 11.3 Å². The first-order chi connectivity index (χ1) is 13.3. The third kappa shape index (κ3) is 10.5. The molecule has 0 bridgehead atoms. The predicted molar refractivity (Wildman–Crippen MR) is 107 cm³/mol. The molecule has 0 saturated carbocycles. The van der Waals surface area contributed by atoms with E-state index in [1.807, 2.05) is 13.8 Å². The molecule has 162 valence electrons. The molecule has 0 aromatic rings. The van der Waals surface area contributed by atoms with Gasteiger partial charge in [0.2, 0.25) is 5.91 Å². The molecule has 0 aromatic heterocycles. The minimum absolute atomic E-state index is 0. The largest absolute Gasteiger partial charge is 1.00 e. The van der Waals surface area contributed by atoms with Crippen molar-refractivity contribution in [1.29, 1.82) is 0 Å². The van der Waals surface area contributed by atoms with Gasteiger partial charge in [-0.15, -0.1) is 9.05 Å². The van der Waals surface area contributed by atoms with E-state index in [1.54, 1.807) is 6.92 Å². The molecule has 0 saturated heterocycles. The fraction of sp³-hybridized carbons (Fsp3) is 0.842. The third-order valence-electron chi connectivity index (χ3n) is 4.72. The van der Waals surface area contributed by atoms with Crippen LogP contribution in [-0.4, -0.2) is 31.0 Å². The maximum Gasteiger partial charge on any atom is 1.00 e. The number of rotatable bonds is 12. The maximum absolute atomic E-state index is 11.9. The maximum atomic E-state index is 11.9. The molecule has 0 radical (unpaired) electrons. The predicted octanol–water partition coefficient (Wildman–Crippen LogP) is 0.473. The molecule has 1 heterocycles. The molecule has 0 fully saturated rings. The second-order valence-electron chi connectivity index (χ2n) is 6.79. The number of amidine groups is 1. The summed E-state index contributed by atoms with van der Waals surface area (Å²) >= 11 is 0. The number of carbonyl (C=O) groups is 2. The summed E-state index contributed by atoms with van der Waals surface area (Å²) in [6.45, 7) is 10.8. The van der Waals surface area contributed by atoms with E-state index in [9.17, 15) is 19.3 Å². The van der Waals surface area contributed by atoms with Gasteiger partial charge in [0.25, 0.3) is 5.91 Å². The van der Waals surface area contributed by atoms with Crippen molar-refractivity contribution in [2.45, 2.75) is 79.6 Å². The Morgan fingerprint density at radius 2 is 1.59 bits per heavy atom. The van der Waals surface area contributed by atoms with E-state index in [-0.39, 0.29) is 35.5 Å². The molecule has 1 N–H and O–H groups in total. The van der Waals surface area contributed by atoms with Crippen molar-refractivity contribution in [3.63, 3.8) is 0 Å². The molecule has 8 nitrogen and oxygen atoms in total. The van der Waals surface area contributed by atoms with E-state index < -0.39 is 31.5 Å². The number of amides is 2. The van der Waals surface area contributed by atoms with Gasteiger partial charge in [0.15, 0.2) is 0 Å². The van der Waals surface area contributed by atoms with Crippen LogP contribution in [0.1, 0.15) is 79.6 Å². The molecular weight excluding hydrogens is 406 g/mol. The number of aliphatic imine (C=N–C) groups is 1. The molecule has 10 heteroatoms. The minimum Gasteiger partial charge on any atom is -0.846 e. The number of unbranched alkanes of at least 4 members (excludes halogenated alkanes) is 2. The number of nitrogens with zero attached hydrogens (tertiary/aromatic N) is 1. The van der Waals surface area contributed by atoms with Crippen LogP contribution in [0.4, 0.5) is 0 Å². The van der Waals surface area contributed by atoms with Gasteiger partial charge >= 0.3 is 37.8 Å². The molecule has 2 atom stereocenters. The molecule has 0 aromatic carbocycles. The number of hydrogen-bond acceptors (Lipinski definition) is 6. The first-order valence-electron chi connectivity index (χ1n) is 10.1. The van der Waals surface area contributed by atoms with Gasteiger partial charge in [-0.25, -0.2) is 4.99 Å². The number of nitrogens with one attached hydrogen (secondary N) is 1. The van der Waals surface area contributed by atoms with Crippen LogP contribution >= 0.6 is 8.25 Å². The van der Waals surface area contributed by atoms with Crippen LogP contribution in [0.2, 0.25) is 0 Å². The third-order valence-corrected chi connectivity index (χ3v) is 5.51. The standard InChI is InChI=1S/C11H18N2O3.C8H18O3P.Na/c1-4-6-7(3)11(5-2)8(14)12-10(16)13-9(11)15;1-3-5-7-10-12(9)11-8-6-4-2;/h7H,4-6H2,1-3H3,(H2,12,13,14,15,16);3-8H2,1-2H3;/q;2*+1/p-1. The molecule has 2 unspecified atom stereocenters. The Hall–Kier alpha value is -0.370. The Balaban J connectivity index is 0. The van der Waals surface area contributed by atoms with Gasteiger partial charge in [-0.1, -0.05) is 53.9 Å². The van der Waals surface area contributed by atoms with Crippen LogP contribution in [0.15, 0.2) is 4.99 Å². The quantitative estimate of drug-likeness (QED) is 0.204. The number of carbonyl (C=O) groups excluding carboxylic acids is 2. The first kappa shape index (κ1) is 30.8. The van der Waals surface area contributed by atoms with Gasteiger partial charge in [0, 0.05) is 4.57 Å². The Morgan fingerprint density at radius 3 is 1.97 bits per heavy atom. The molecule has 29 heavy (non-hydrogen) atoms. The summed E-state index contributed by atoms with van der Waals surface area (Å²) in [5.74, 6) is -1.20. The van der Waals surface area contributed by atoms with E-state index in [1.165, 1.54) is 0 Å². The summed E-state index contributed by atoms with van der Waals surface area (Å²) in [5.41, 5.74) is -1.15. The van der Waals surface area contributed by atoms with Crippen molar-refractivity contribution in [2.75, 3.05) is 13.2 Å². The second kappa shape index (κ2) is 17.3. The monoisotopic (exact) mass is 441 g/mol. The Labute approximate surface area is 197 Å². The normalized spacial score (nSPS) is 19.3. The van der Waals surface area contributed by atoms with Gasteiger partial charge < -0.3 is 10.4 Å². The summed E-state index contributed by atoms with van der Waals surface area (Å²) in [6, 6.07) is -0.845. The topological polar surface area (TPSA) is 117 Å². The van der Waals surface area contributed by atoms with Crippen LogP contribution in [0.25, 0.3) is 0 Å². The summed E-state index contributed by atoms with van der Waals surface area (Å²) in [6.07, 6.45) is 6.01. The van der Waals surface area contributed by atoms with Crippen LogP contribution in [-0.2, 0) is 23.2 Å². The molecular formula is C19H35N2NaO6P+. The van der Waals surface area contributed by atoms with Crippen LogP contribution in [0.3, 0.4) is 0 Å². The van der Waals surface area contributed by atoms with E-state index in [0.717, 1.165) is 38.5 Å². The molecule has 1 aliphatic rings. The van der Waals surface area contributed by atoms with Crippen molar-refractivity contribution in [3.8, 4) is 0 Å². The van der Waals surface area contributed by atoms with Gasteiger partial charge in [0.05, 0.1) is 6.02 Å². The van der Waals surface area contributed by atoms with Crippen molar-refractivity contribution in [2.24, 2.45) is 16.3 Å². The first-order valence-corrected chi connectivity index (χ1v) is 11.2. The zero-order valence-electron chi connectivity index (χ0n) is 18.8. The minimum atomic E-state index is -1.85. The Morgan fingerprint density at radius 1 is 1.07 bits per heavy atom. The smallest absolute Gasteiger partial charge is 0.846 e. The summed E-state index contributed by atoms with van der Waals surface area (Å²) in [4.78, 5) is 27.1. The second-order valence-corrected chi connectivity index (χ2v) is 7.75. The van der Waals surface area contributed by atoms with E-state index in [4.69, 9.17) is 9.05 Å². The van der Waals surface area contributed by atoms with Crippen LogP contribution < -0.4 is 40.0 Å². The average molecular weight is 441 g/mol. The fourth-order valence-corrected chi connectivity index (χ4v) is 3.53. The van der Waals surface area contributed by atoms with Crippen molar-refractivity contribution < 1.29 is 57.9 Å². The number of hydrogen-bond donors (Lipinski definition) is 1. The average Bonchev–Trinajstić information content (AvgIpc) is 2.63. The van der Waals surface area contributed by atoms with Crippen molar-refractivity contribution >= 4 is 26.1 Å². The van der Waals surface area contributed by atoms with Gasteiger partial charge in [-0.2, -0.15) is 0 Å². The van der Waals surface area contributed by atoms with E-state index in [2.05, 4.69) is 24.2 Å². The zero-order valence-corrected chi connectivity index (χ0v) is 21.7. The molecule has 1 aliphatic heterocycles. The Bertz CT molecular complexity index is 535. The van der Waals surface area contributed by atoms with Crippen LogP contribution in [0.5, 0.6) is 0 Å². The molecule has 1 rings (SSSR count). The van der Waals surface area contributed by atoms with Gasteiger partial charge in [0.1, 0.15) is 18.6 Å². The molecule has 0 aliphatic carbocycles. The van der Waals surface area contributed by atoms with Gasteiger partial charge in [-0.3, -0.25) is 9.59 Å². The fourth-order valence-electron chi connectivity index (χ4n) is 2.90. The van der Waals surface area contributed by atoms with Crippen molar-refractivity contribution in [1.82, 2.24) is 5.32 Å². The summed E-state index contributed by atoms with van der Waals surface area (Å²) in [7, 11) is -1.85. The molecule has 2 amide bonds. The van der Waals surface area contributed by atoms with Gasteiger partial charge in [-0.05, 0) is 31.6 Å². The molecule has 0 spiro atoms. The zero-order chi connectivity index (χ0) is 21.6. The van der Waals surface area contributed by atoms with Crippen molar-refractivity contribution in [3.05, 3.63) is 0 Å². The summed E-state index contributed by atoms with van der Waals surface area (Å²) < 4.78 is 20.7. The van der Waals surface area contributed by atoms with E-state index >= 15 is 0 Å². The SMILES string of the molecule is CCCC(C)C1(CC)C(=O)N=C([O-])NC1=O.CCCCO[P+](=O)OCCCC.[Na+]. The van der Waals surface area contributed by atoms with E-state index in [0.29, 0.717) is 19.6 Å².